The van der Waals surface area contributed by atoms with E-state index in [-0.39, 0.29) is 12.1 Å². The lowest BCUT2D eigenvalue weighted by atomic mass is 10.0. The molecule has 5 nitrogen and oxygen atoms in total. The number of aromatic amines is 1. The number of H-pyrrole nitrogens is 1. The summed E-state index contributed by atoms with van der Waals surface area (Å²) in [6.07, 6.45) is 3.41. The van der Waals surface area contributed by atoms with Crippen LogP contribution < -0.4 is 10.3 Å². The van der Waals surface area contributed by atoms with E-state index in [0.29, 0.717) is 21.9 Å². The summed E-state index contributed by atoms with van der Waals surface area (Å²) in [5, 5.41) is 8.37. The van der Waals surface area contributed by atoms with Crippen molar-refractivity contribution in [2.75, 3.05) is 7.11 Å². The number of nitrogens with one attached hydrogen (secondary N) is 1. The average Bonchev–Trinajstić information content (AvgIpc) is 3.09. The van der Waals surface area contributed by atoms with Crippen LogP contribution in [-0.4, -0.2) is 21.9 Å². The zero-order valence-corrected chi connectivity index (χ0v) is 15.1. The predicted molar refractivity (Wildman–Crippen MR) is 103 cm³/mol. The number of ether oxygens (including phenoxy) is 1. The molecule has 0 spiro atoms. The van der Waals surface area contributed by atoms with Gasteiger partial charge in [0.2, 0.25) is 0 Å². The van der Waals surface area contributed by atoms with Crippen LogP contribution in [0.3, 0.4) is 0 Å². The van der Waals surface area contributed by atoms with Crippen LogP contribution in [0.4, 0.5) is 4.39 Å². The van der Waals surface area contributed by atoms with Gasteiger partial charge < -0.3 is 9.30 Å². The maximum absolute atomic E-state index is 13.7. The molecule has 2 aromatic carbocycles. The molecule has 136 valence electrons. The van der Waals surface area contributed by atoms with Gasteiger partial charge >= 0.3 is 0 Å². The molecule has 7 heteroatoms. The molecule has 2 aromatic heterocycles. The van der Waals surface area contributed by atoms with Crippen LogP contribution in [0.5, 0.6) is 5.75 Å². The Bertz CT molecular complexity index is 1200. The standard InChI is InChI=1S/C20H15ClFN3O2/c1-27-16-7-12(6-15(22)9-16)11-25-5-4-14-8-13(2-3-17(14)20(25)26)18-10-23-24-19(18)21/h2-10H,11H2,1H3,(H,23,24). The second kappa shape index (κ2) is 6.89. The van der Waals surface area contributed by atoms with Crippen molar-refractivity contribution < 1.29 is 9.13 Å². The Morgan fingerprint density at radius 3 is 2.81 bits per heavy atom. The van der Waals surface area contributed by atoms with Crippen LogP contribution in [0.25, 0.3) is 21.9 Å². The first-order valence-electron chi connectivity index (χ1n) is 8.21. The van der Waals surface area contributed by atoms with Crippen molar-refractivity contribution in [3.63, 3.8) is 0 Å². The van der Waals surface area contributed by atoms with E-state index in [9.17, 15) is 9.18 Å². The van der Waals surface area contributed by atoms with Gasteiger partial charge in [0.1, 0.15) is 11.6 Å². The highest BCUT2D eigenvalue weighted by atomic mass is 35.5. The molecule has 0 aliphatic carbocycles. The maximum Gasteiger partial charge on any atom is 0.258 e. The van der Waals surface area contributed by atoms with Crippen molar-refractivity contribution in [2.45, 2.75) is 6.54 Å². The second-order valence-corrected chi connectivity index (χ2v) is 6.50. The van der Waals surface area contributed by atoms with Crippen molar-refractivity contribution in [3.05, 3.63) is 81.7 Å². The van der Waals surface area contributed by atoms with E-state index in [1.165, 1.54) is 19.2 Å². The molecule has 0 saturated heterocycles. The van der Waals surface area contributed by atoms with E-state index < -0.39 is 5.82 Å². The molecule has 0 amide bonds. The van der Waals surface area contributed by atoms with Gasteiger partial charge in [0.05, 0.1) is 13.7 Å². The fraction of sp³-hybridized carbons (Fsp3) is 0.100. The predicted octanol–water partition coefficient (Wildman–Crippen LogP) is 4.24. The summed E-state index contributed by atoms with van der Waals surface area (Å²) >= 11 is 6.06. The highest BCUT2D eigenvalue weighted by molar-refractivity contribution is 6.32. The van der Waals surface area contributed by atoms with Crippen molar-refractivity contribution in [1.29, 1.82) is 0 Å². The normalized spacial score (nSPS) is 11.1. The molecule has 0 fully saturated rings. The largest absolute Gasteiger partial charge is 0.497 e. The number of hydrogen-bond donors (Lipinski definition) is 1. The SMILES string of the molecule is COc1cc(F)cc(Cn2ccc3cc(-c4c[nH]nc4Cl)ccc3c2=O)c1. The third kappa shape index (κ3) is 3.31. The minimum atomic E-state index is -0.403. The summed E-state index contributed by atoms with van der Waals surface area (Å²) in [5.74, 6) is 0.0142. The zero-order valence-electron chi connectivity index (χ0n) is 14.4. The first-order chi connectivity index (χ1) is 13.0. The van der Waals surface area contributed by atoms with Gasteiger partial charge in [0.15, 0.2) is 5.15 Å². The van der Waals surface area contributed by atoms with Crippen LogP contribution >= 0.6 is 11.6 Å². The number of hydrogen-bond acceptors (Lipinski definition) is 3. The number of pyridine rings is 1. The van der Waals surface area contributed by atoms with Crippen LogP contribution in [-0.2, 0) is 6.54 Å². The van der Waals surface area contributed by atoms with Gasteiger partial charge in [0.25, 0.3) is 5.56 Å². The lowest BCUT2D eigenvalue weighted by Crippen LogP contribution is -2.20. The van der Waals surface area contributed by atoms with Gasteiger partial charge in [-0.1, -0.05) is 17.7 Å². The zero-order chi connectivity index (χ0) is 19.0. The minimum Gasteiger partial charge on any atom is -0.497 e. The summed E-state index contributed by atoms with van der Waals surface area (Å²) < 4.78 is 20.3. The summed E-state index contributed by atoms with van der Waals surface area (Å²) in [6, 6.07) is 11.7. The van der Waals surface area contributed by atoms with E-state index in [2.05, 4.69) is 10.2 Å². The molecule has 1 N–H and O–H groups in total. The van der Waals surface area contributed by atoms with Crippen LogP contribution in [0.2, 0.25) is 5.15 Å². The Morgan fingerprint density at radius 2 is 2.07 bits per heavy atom. The quantitative estimate of drug-likeness (QED) is 0.573. The molecule has 0 aliphatic heterocycles. The molecule has 0 aliphatic rings. The van der Waals surface area contributed by atoms with Crippen molar-refractivity contribution >= 4 is 22.4 Å². The van der Waals surface area contributed by atoms with Crippen molar-refractivity contribution in [3.8, 4) is 16.9 Å². The van der Waals surface area contributed by atoms with Gasteiger partial charge in [0, 0.05) is 29.4 Å². The number of fused-ring (bicyclic) bond motifs is 1. The number of aromatic nitrogens is 3. The molecular formula is C20H15ClFN3O2. The van der Waals surface area contributed by atoms with Gasteiger partial charge in [-0.3, -0.25) is 9.89 Å². The van der Waals surface area contributed by atoms with Gasteiger partial charge in [-0.05, 0) is 46.8 Å². The van der Waals surface area contributed by atoms with Crippen molar-refractivity contribution in [1.82, 2.24) is 14.8 Å². The van der Waals surface area contributed by atoms with E-state index in [1.54, 1.807) is 29.1 Å². The molecule has 0 radical (unpaired) electrons. The number of rotatable bonds is 4. The van der Waals surface area contributed by atoms with Gasteiger partial charge in [-0.25, -0.2) is 4.39 Å². The van der Waals surface area contributed by atoms with Gasteiger partial charge in [-0.15, -0.1) is 0 Å². The molecule has 4 aromatic rings. The third-order valence-electron chi connectivity index (χ3n) is 4.40. The topological polar surface area (TPSA) is 59.9 Å². The van der Waals surface area contributed by atoms with E-state index in [4.69, 9.17) is 16.3 Å². The number of nitrogens with zero attached hydrogens (tertiary/aromatic N) is 2. The van der Waals surface area contributed by atoms with Crippen molar-refractivity contribution in [2.24, 2.45) is 0 Å². The highest BCUT2D eigenvalue weighted by Crippen LogP contribution is 2.27. The van der Waals surface area contributed by atoms with Crippen LogP contribution in [0.1, 0.15) is 5.56 Å². The van der Waals surface area contributed by atoms with E-state index in [1.807, 2.05) is 18.2 Å². The Labute approximate surface area is 159 Å². The molecule has 0 bridgehead atoms. The Morgan fingerprint density at radius 1 is 1.22 bits per heavy atom. The smallest absolute Gasteiger partial charge is 0.258 e. The summed E-state index contributed by atoms with van der Waals surface area (Å²) in [4.78, 5) is 12.8. The van der Waals surface area contributed by atoms with E-state index in [0.717, 1.165) is 16.5 Å². The summed E-state index contributed by atoms with van der Waals surface area (Å²) in [5.41, 5.74) is 2.14. The number of methoxy groups -OCH3 is 1. The molecule has 2 heterocycles. The van der Waals surface area contributed by atoms with E-state index >= 15 is 0 Å². The molecule has 0 saturated carbocycles. The fourth-order valence-corrected chi connectivity index (χ4v) is 3.29. The molecule has 27 heavy (non-hydrogen) atoms. The lowest BCUT2D eigenvalue weighted by Gasteiger charge is -2.10. The van der Waals surface area contributed by atoms with Crippen LogP contribution in [0, 0.1) is 5.82 Å². The Kier molecular flexibility index (Phi) is 4.41. The maximum atomic E-state index is 13.7. The monoisotopic (exact) mass is 383 g/mol. The second-order valence-electron chi connectivity index (χ2n) is 6.14. The minimum absolute atomic E-state index is 0.152. The summed E-state index contributed by atoms with van der Waals surface area (Å²) in [6.45, 7) is 0.248. The first-order valence-corrected chi connectivity index (χ1v) is 8.59. The Hall–Kier alpha value is -3.12. The summed E-state index contributed by atoms with van der Waals surface area (Å²) in [7, 11) is 1.48. The molecular weight excluding hydrogens is 369 g/mol. The number of halogens is 2. The first kappa shape index (κ1) is 17.3. The Balaban J connectivity index is 1.74. The lowest BCUT2D eigenvalue weighted by molar-refractivity contribution is 0.410. The molecule has 0 atom stereocenters. The fourth-order valence-electron chi connectivity index (χ4n) is 3.08. The van der Waals surface area contributed by atoms with Gasteiger partial charge in [-0.2, -0.15) is 5.10 Å². The average molecular weight is 384 g/mol. The number of benzene rings is 2. The molecule has 0 unspecified atom stereocenters. The highest BCUT2D eigenvalue weighted by Gasteiger charge is 2.10. The molecule has 4 rings (SSSR count). The van der Waals surface area contributed by atoms with Crippen LogP contribution in [0.15, 0.2) is 59.7 Å². The third-order valence-corrected chi connectivity index (χ3v) is 4.69.